The molecule has 1 aromatic carbocycles. The Kier molecular flexibility index (Phi) is 4.47. The lowest BCUT2D eigenvalue weighted by atomic mass is 10.1. The average Bonchev–Trinajstić information content (AvgIpc) is 2.88. The molecule has 0 aliphatic carbocycles. The van der Waals surface area contributed by atoms with Crippen molar-refractivity contribution in [3.05, 3.63) is 54.1 Å². The van der Waals surface area contributed by atoms with Gasteiger partial charge in [-0.05, 0) is 32.0 Å². The Morgan fingerprint density at radius 3 is 2.89 bits per heavy atom. The number of hydrogen-bond acceptors (Lipinski definition) is 2. The molecule has 18 heavy (non-hydrogen) atoms. The summed E-state index contributed by atoms with van der Waals surface area (Å²) in [5.74, 6) is -0.149. The molecule has 0 spiro atoms. The molecular formula is C14H18FN3. The molecule has 0 aliphatic rings. The van der Waals surface area contributed by atoms with E-state index in [4.69, 9.17) is 0 Å². The van der Waals surface area contributed by atoms with Gasteiger partial charge in [0.1, 0.15) is 5.82 Å². The maximum atomic E-state index is 13.5. The number of rotatable bonds is 6. The van der Waals surface area contributed by atoms with Crippen LogP contribution in [0.2, 0.25) is 0 Å². The van der Waals surface area contributed by atoms with E-state index in [-0.39, 0.29) is 11.9 Å². The molecule has 1 unspecified atom stereocenters. The van der Waals surface area contributed by atoms with Gasteiger partial charge in [0, 0.05) is 30.5 Å². The summed E-state index contributed by atoms with van der Waals surface area (Å²) in [6, 6.07) is 8.83. The molecule has 3 nitrogen and oxygen atoms in total. The minimum absolute atomic E-state index is 0.0313. The number of halogens is 1. The Balaban J connectivity index is 1.75. The van der Waals surface area contributed by atoms with E-state index in [9.17, 15) is 4.39 Å². The van der Waals surface area contributed by atoms with Gasteiger partial charge in [-0.15, -0.1) is 0 Å². The van der Waals surface area contributed by atoms with Crippen LogP contribution in [-0.4, -0.2) is 16.3 Å². The van der Waals surface area contributed by atoms with Gasteiger partial charge >= 0.3 is 0 Å². The molecular weight excluding hydrogens is 229 g/mol. The molecule has 1 atom stereocenters. The zero-order valence-electron chi connectivity index (χ0n) is 10.5. The highest BCUT2D eigenvalue weighted by Gasteiger charge is 2.08. The molecule has 1 aromatic heterocycles. The summed E-state index contributed by atoms with van der Waals surface area (Å²) < 4.78 is 15.4. The number of nitrogens with one attached hydrogen (secondary N) is 1. The summed E-state index contributed by atoms with van der Waals surface area (Å²) in [5, 5.41) is 7.46. The topological polar surface area (TPSA) is 29.9 Å². The third kappa shape index (κ3) is 3.40. The number of aryl methyl sites for hydroxylation is 1. The van der Waals surface area contributed by atoms with Crippen molar-refractivity contribution < 1.29 is 4.39 Å². The Morgan fingerprint density at radius 2 is 2.17 bits per heavy atom. The fourth-order valence-corrected chi connectivity index (χ4v) is 1.93. The zero-order chi connectivity index (χ0) is 12.8. The maximum Gasteiger partial charge on any atom is 0.127 e. The molecule has 1 heterocycles. The van der Waals surface area contributed by atoms with E-state index in [2.05, 4.69) is 10.4 Å². The maximum absolute atomic E-state index is 13.5. The van der Waals surface area contributed by atoms with E-state index in [0.29, 0.717) is 0 Å². The molecule has 0 radical (unpaired) electrons. The average molecular weight is 247 g/mol. The Bertz CT molecular complexity index is 468. The van der Waals surface area contributed by atoms with Crippen LogP contribution < -0.4 is 5.32 Å². The second-order valence-corrected chi connectivity index (χ2v) is 4.32. The monoisotopic (exact) mass is 247 g/mol. The lowest BCUT2D eigenvalue weighted by Crippen LogP contribution is -2.21. The first kappa shape index (κ1) is 12.8. The van der Waals surface area contributed by atoms with Crippen LogP contribution in [0, 0.1) is 5.82 Å². The van der Waals surface area contributed by atoms with Crippen LogP contribution in [-0.2, 0) is 6.54 Å². The van der Waals surface area contributed by atoms with Gasteiger partial charge in [0.05, 0.1) is 0 Å². The van der Waals surface area contributed by atoms with Gasteiger partial charge in [-0.1, -0.05) is 18.2 Å². The summed E-state index contributed by atoms with van der Waals surface area (Å²) in [6.07, 6.45) is 4.69. The Labute approximate surface area is 107 Å². The summed E-state index contributed by atoms with van der Waals surface area (Å²) in [6.45, 7) is 3.70. The van der Waals surface area contributed by atoms with E-state index < -0.39 is 0 Å². The van der Waals surface area contributed by atoms with Crippen molar-refractivity contribution in [1.29, 1.82) is 0 Å². The van der Waals surface area contributed by atoms with Crippen LogP contribution in [0.15, 0.2) is 42.7 Å². The second-order valence-electron chi connectivity index (χ2n) is 4.32. The van der Waals surface area contributed by atoms with Crippen molar-refractivity contribution >= 4 is 0 Å². The van der Waals surface area contributed by atoms with Crippen molar-refractivity contribution in [2.45, 2.75) is 25.9 Å². The highest BCUT2D eigenvalue weighted by atomic mass is 19.1. The smallest absolute Gasteiger partial charge is 0.127 e. The number of nitrogens with zero attached hydrogens (tertiary/aromatic N) is 2. The zero-order valence-corrected chi connectivity index (χ0v) is 10.5. The summed E-state index contributed by atoms with van der Waals surface area (Å²) in [4.78, 5) is 0. The molecule has 0 bridgehead atoms. The van der Waals surface area contributed by atoms with Crippen molar-refractivity contribution in [2.24, 2.45) is 0 Å². The normalized spacial score (nSPS) is 12.6. The largest absolute Gasteiger partial charge is 0.310 e. The fourth-order valence-electron chi connectivity index (χ4n) is 1.93. The van der Waals surface area contributed by atoms with E-state index in [1.54, 1.807) is 12.3 Å². The second kappa shape index (κ2) is 6.31. The van der Waals surface area contributed by atoms with Gasteiger partial charge < -0.3 is 5.32 Å². The first-order valence-corrected chi connectivity index (χ1v) is 6.22. The predicted molar refractivity (Wildman–Crippen MR) is 69.7 cm³/mol. The van der Waals surface area contributed by atoms with Crippen molar-refractivity contribution in [1.82, 2.24) is 15.1 Å². The van der Waals surface area contributed by atoms with Crippen LogP contribution >= 0.6 is 0 Å². The molecule has 0 aliphatic heterocycles. The summed E-state index contributed by atoms with van der Waals surface area (Å²) in [7, 11) is 0. The van der Waals surface area contributed by atoms with E-state index >= 15 is 0 Å². The quantitative estimate of drug-likeness (QED) is 0.795. The lowest BCUT2D eigenvalue weighted by Gasteiger charge is -2.14. The van der Waals surface area contributed by atoms with Gasteiger partial charge in [0.25, 0.3) is 0 Å². The molecule has 0 fully saturated rings. The SMILES string of the molecule is CC(NCCCn1cccn1)c1ccccc1F. The van der Waals surface area contributed by atoms with Crippen LogP contribution in [0.5, 0.6) is 0 Å². The van der Waals surface area contributed by atoms with Gasteiger partial charge in [-0.2, -0.15) is 5.10 Å². The molecule has 2 rings (SSSR count). The van der Waals surface area contributed by atoms with E-state index in [0.717, 1.165) is 25.1 Å². The highest BCUT2D eigenvalue weighted by Crippen LogP contribution is 2.15. The van der Waals surface area contributed by atoms with Crippen LogP contribution in [0.1, 0.15) is 24.9 Å². The van der Waals surface area contributed by atoms with E-state index in [1.165, 1.54) is 6.07 Å². The molecule has 96 valence electrons. The van der Waals surface area contributed by atoms with Crippen LogP contribution in [0.3, 0.4) is 0 Å². The van der Waals surface area contributed by atoms with Crippen LogP contribution in [0.25, 0.3) is 0 Å². The standard InChI is InChI=1S/C14H18FN3/c1-12(13-6-2-3-7-14(13)15)16-8-4-10-18-11-5-9-17-18/h2-3,5-7,9,11-12,16H,4,8,10H2,1H3. The molecule has 0 saturated heterocycles. The molecule has 4 heteroatoms. The first-order valence-electron chi connectivity index (χ1n) is 6.22. The van der Waals surface area contributed by atoms with Gasteiger partial charge in [0.2, 0.25) is 0 Å². The predicted octanol–water partition coefficient (Wildman–Crippen LogP) is 2.76. The molecule has 0 amide bonds. The number of benzene rings is 1. The van der Waals surface area contributed by atoms with Gasteiger partial charge in [0.15, 0.2) is 0 Å². The van der Waals surface area contributed by atoms with E-state index in [1.807, 2.05) is 36.0 Å². The third-order valence-electron chi connectivity index (χ3n) is 2.95. The first-order chi connectivity index (χ1) is 8.77. The molecule has 2 aromatic rings. The van der Waals surface area contributed by atoms with Gasteiger partial charge in [-0.25, -0.2) is 4.39 Å². The van der Waals surface area contributed by atoms with Crippen molar-refractivity contribution in [2.75, 3.05) is 6.54 Å². The fraction of sp³-hybridized carbons (Fsp3) is 0.357. The molecule has 0 saturated carbocycles. The summed E-state index contributed by atoms with van der Waals surface area (Å²) >= 11 is 0. The minimum Gasteiger partial charge on any atom is -0.310 e. The Hall–Kier alpha value is -1.68. The van der Waals surface area contributed by atoms with Crippen LogP contribution in [0.4, 0.5) is 4.39 Å². The third-order valence-corrected chi connectivity index (χ3v) is 2.95. The van der Waals surface area contributed by atoms with Crippen molar-refractivity contribution in [3.8, 4) is 0 Å². The van der Waals surface area contributed by atoms with Crippen molar-refractivity contribution in [3.63, 3.8) is 0 Å². The Morgan fingerprint density at radius 1 is 1.33 bits per heavy atom. The summed E-state index contributed by atoms with van der Waals surface area (Å²) in [5.41, 5.74) is 0.719. The highest BCUT2D eigenvalue weighted by molar-refractivity contribution is 5.20. The number of hydrogen-bond donors (Lipinski definition) is 1. The molecule has 1 N–H and O–H groups in total. The van der Waals surface area contributed by atoms with Gasteiger partial charge in [-0.3, -0.25) is 4.68 Å². The number of aromatic nitrogens is 2. The lowest BCUT2D eigenvalue weighted by molar-refractivity contribution is 0.491. The minimum atomic E-state index is -0.149.